The zero-order chi connectivity index (χ0) is 17.3. The van der Waals surface area contributed by atoms with Crippen molar-refractivity contribution < 1.29 is 4.74 Å². The second-order valence-corrected chi connectivity index (χ2v) is 12.2. The topological polar surface area (TPSA) is 12.5 Å². The van der Waals surface area contributed by atoms with Crippen LogP contribution in [0.4, 0.5) is 5.69 Å². The number of anilines is 1. The molecule has 1 heterocycles. The number of halogens is 1. The summed E-state index contributed by atoms with van der Waals surface area (Å²) in [5.74, 6) is 0. The van der Waals surface area contributed by atoms with Crippen LogP contribution in [0.3, 0.4) is 0 Å². The van der Waals surface area contributed by atoms with Crippen molar-refractivity contribution in [2.75, 3.05) is 18.0 Å². The van der Waals surface area contributed by atoms with Gasteiger partial charge in [0.2, 0.25) is 0 Å². The van der Waals surface area contributed by atoms with Crippen LogP contribution >= 0.6 is 35.1 Å². The van der Waals surface area contributed by atoms with Crippen LogP contribution in [-0.2, 0) is 4.74 Å². The number of hydrogen-bond donors (Lipinski definition) is 0. The SMILES string of the molecule is CC(C)(C)S[C@@H]1CN(c2ccc(Cl)cc2)C[C@H](SC(C)(C)C)O1. The molecule has 5 heteroatoms. The fourth-order valence-corrected chi connectivity index (χ4v) is 5.13. The zero-order valence-corrected chi connectivity index (χ0v) is 17.3. The summed E-state index contributed by atoms with van der Waals surface area (Å²) in [5, 5.41) is 0.781. The maximum absolute atomic E-state index is 6.37. The molecular formula is C18H28ClNOS2. The van der Waals surface area contributed by atoms with Crippen LogP contribution in [0.2, 0.25) is 5.02 Å². The predicted molar refractivity (Wildman–Crippen MR) is 107 cm³/mol. The van der Waals surface area contributed by atoms with E-state index < -0.39 is 0 Å². The van der Waals surface area contributed by atoms with Gasteiger partial charge in [0.1, 0.15) is 10.9 Å². The number of rotatable bonds is 3. The number of ether oxygens (including phenoxy) is 1. The molecule has 1 aliphatic heterocycles. The van der Waals surface area contributed by atoms with Gasteiger partial charge < -0.3 is 9.64 Å². The molecule has 2 rings (SSSR count). The molecule has 1 aromatic carbocycles. The maximum atomic E-state index is 6.37. The summed E-state index contributed by atoms with van der Waals surface area (Å²) in [5.41, 5.74) is 1.58. The molecule has 0 radical (unpaired) electrons. The van der Waals surface area contributed by atoms with Crippen LogP contribution in [0.1, 0.15) is 41.5 Å². The molecular weight excluding hydrogens is 346 g/mol. The average Bonchev–Trinajstić information content (AvgIpc) is 2.34. The molecule has 1 aliphatic rings. The van der Waals surface area contributed by atoms with Crippen molar-refractivity contribution in [3.8, 4) is 0 Å². The highest BCUT2D eigenvalue weighted by Crippen LogP contribution is 2.38. The smallest absolute Gasteiger partial charge is 0.122 e. The molecule has 0 N–H and O–H groups in total. The molecule has 1 fully saturated rings. The molecule has 2 atom stereocenters. The number of thioether (sulfide) groups is 2. The van der Waals surface area contributed by atoms with Crippen molar-refractivity contribution in [2.45, 2.75) is 61.9 Å². The van der Waals surface area contributed by atoms with E-state index >= 15 is 0 Å². The van der Waals surface area contributed by atoms with Gasteiger partial charge in [-0.2, -0.15) is 0 Å². The van der Waals surface area contributed by atoms with Gasteiger partial charge in [-0.1, -0.05) is 53.1 Å². The highest BCUT2D eigenvalue weighted by Gasteiger charge is 2.33. The third-order valence-electron chi connectivity index (χ3n) is 3.20. The Labute approximate surface area is 154 Å². The van der Waals surface area contributed by atoms with Crippen molar-refractivity contribution in [2.24, 2.45) is 0 Å². The average molecular weight is 374 g/mol. The third kappa shape index (κ3) is 6.77. The standard InChI is InChI=1S/C18H28ClNOS2/c1-17(2,3)22-15-11-20(14-9-7-13(19)8-10-14)12-16(21-15)23-18(4,5)6/h7-10,15-16H,11-12H2,1-6H3/t15-,16+. The lowest BCUT2D eigenvalue weighted by atomic mass is 10.2. The predicted octanol–water partition coefficient (Wildman–Crippen LogP) is 5.89. The first-order valence-electron chi connectivity index (χ1n) is 8.03. The molecule has 23 heavy (non-hydrogen) atoms. The van der Waals surface area contributed by atoms with Gasteiger partial charge in [0.05, 0.1) is 13.1 Å². The number of benzene rings is 1. The van der Waals surface area contributed by atoms with Gasteiger partial charge in [0, 0.05) is 20.2 Å². The zero-order valence-electron chi connectivity index (χ0n) is 14.9. The van der Waals surface area contributed by atoms with E-state index in [9.17, 15) is 0 Å². The highest BCUT2D eigenvalue weighted by atomic mass is 35.5. The fraction of sp³-hybridized carbons (Fsp3) is 0.667. The van der Waals surface area contributed by atoms with Crippen LogP contribution < -0.4 is 4.90 Å². The second-order valence-electron chi connectivity index (χ2n) is 7.84. The van der Waals surface area contributed by atoms with E-state index in [1.165, 1.54) is 5.69 Å². The lowest BCUT2D eigenvalue weighted by Crippen LogP contribution is -2.47. The number of morpholine rings is 1. The summed E-state index contributed by atoms with van der Waals surface area (Å²) >= 11 is 9.84. The van der Waals surface area contributed by atoms with E-state index in [4.69, 9.17) is 16.3 Å². The van der Waals surface area contributed by atoms with Crippen molar-refractivity contribution >= 4 is 40.8 Å². The number of nitrogens with zero attached hydrogens (tertiary/aromatic N) is 1. The maximum Gasteiger partial charge on any atom is 0.122 e. The van der Waals surface area contributed by atoms with Crippen molar-refractivity contribution in [1.82, 2.24) is 0 Å². The molecule has 0 amide bonds. The van der Waals surface area contributed by atoms with E-state index in [0.717, 1.165) is 18.1 Å². The highest BCUT2D eigenvalue weighted by molar-refractivity contribution is 8.01. The lowest BCUT2D eigenvalue weighted by Gasteiger charge is -2.42. The summed E-state index contributed by atoms with van der Waals surface area (Å²) in [6, 6.07) is 8.13. The van der Waals surface area contributed by atoms with Crippen LogP contribution in [-0.4, -0.2) is 33.5 Å². The molecule has 0 bridgehead atoms. The first kappa shape index (κ1) is 19.3. The Hall–Kier alpha value is -0.0300. The quantitative estimate of drug-likeness (QED) is 0.654. The Bertz CT molecular complexity index is 483. The van der Waals surface area contributed by atoms with E-state index in [-0.39, 0.29) is 20.4 Å². The van der Waals surface area contributed by atoms with E-state index in [1.807, 2.05) is 35.7 Å². The van der Waals surface area contributed by atoms with Gasteiger partial charge in [-0.15, -0.1) is 23.5 Å². The lowest BCUT2D eigenvalue weighted by molar-refractivity contribution is 0.0738. The van der Waals surface area contributed by atoms with Crippen LogP contribution in [0.25, 0.3) is 0 Å². The molecule has 0 aliphatic carbocycles. The monoisotopic (exact) mass is 373 g/mol. The minimum Gasteiger partial charge on any atom is -0.365 e. The molecule has 2 nitrogen and oxygen atoms in total. The minimum absolute atomic E-state index is 0.180. The minimum atomic E-state index is 0.180. The van der Waals surface area contributed by atoms with Gasteiger partial charge in [-0.05, 0) is 24.3 Å². The summed E-state index contributed by atoms with van der Waals surface area (Å²) in [6.07, 6.45) is 0. The summed E-state index contributed by atoms with van der Waals surface area (Å²) in [7, 11) is 0. The first-order chi connectivity index (χ1) is 10.5. The molecule has 1 saturated heterocycles. The Kier molecular flexibility index (Phi) is 6.26. The van der Waals surface area contributed by atoms with Gasteiger partial charge in [-0.25, -0.2) is 0 Å². The largest absolute Gasteiger partial charge is 0.365 e. The Balaban J connectivity index is 2.15. The van der Waals surface area contributed by atoms with Crippen LogP contribution in [0.15, 0.2) is 24.3 Å². The van der Waals surface area contributed by atoms with E-state index in [2.05, 4.69) is 58.6 Å². The van der Waals surface area contributed by atoms with Crippen LogP contribution in [0, 0.1) is 0 Å². The summed E-state index contributed by atoms with van der Waals surface area (Å²) in [4.78, 5) is 2.42. The normalized spacial score (nSPS) is 23.2. The van der Waals surface area contributed by atoms with Crippen molar-refractivity contribution in [1.29, 1.82) is 0 Å². The Morgan fingerprint density at radius 3 is 1.74 bits per heavy atom. The van der Waals surface area contributed by atoms with E-state index in [1.54, 1.807) is 0 Å². The Morgan fingerprint density at radius 1 is 0.913 bits per heavy atom. The molecule has 0 aromatic heterocycles. The second kappa shape index (κ2) is 7.47. The summed E-state index contributed by atoms with van der Waals surface area (Å²) < 4.78 is 6.74. The van der Waals surface area contributed by atoms with Gasteiger partial charge in [0.15, 0.2) is 0 Å². The summed E-state index contributed by atoms with van der Waals surface area (Å²) in [6.45, 7) is 15.3. The van der Waals surface area contributed by atoms with Crippen LogP contribution in [0.5, 0.6) is 0 Å². The van der Waals surface area contributed by atoms with Gasteiger partial charge in [0.25, 0.3) is 0 Å². The van der Waals surface area contributed by atoms with Gasteiger partial charge >= 0.3 is 0 Å². The van der Waals surface area contributed by atoms with Gasteiger partial charge in [-0.3, -0.25) is 0 Å². The number of hydrogen-bond acceptors (Lipinski definition) is 4. The third-order valence-corrected chi connectivity index (χ3v) is 5.92. The molecule has 0 unspecified atom stereocenters. The molecule has 0 spiro atoms. The van der Waals surface area contributed by atoms with Crippen molar-refractivity contribution in [3.63, 3.8) is 0 Å². The molecule has 1 aromatic rings. The first-order valence-corrected chi connectivity index (χ1v) is 10.2. The molecule has 130 valence electrons. The van der Waals surface area contributed by atoms with E-state index in [0.29, 0.717) is 0 Å². The van der Waals surface area contributed by atoms with Crippen molar-refractivity contribution in [3.05, 3.63) is 29.3 Å². The fourth-order valence-electron chi connectivity index (χ4n) is 2.47. The Morgan fingerprint density at radius 2 is 1.35 bits per heavy atom. The molecule has 0 saturated carbocycles.